The molecule has 21 heavy (non-hydrogen) atoms. The van der Waals surface area contributed by atoms with Crippen LogP contribution in [0.1, 0.15) is 41.0 Å². The van der Waals surface area contributed by atoms with Crippen molar-refractivity contribution in [3.63, 3.8) is 0 Å². The van der Waals surface area contributed by atoms with Gasteiger partial charge in [0.15, 0.2) is 5.69 Å². The van der Waals surface area contributed by atoms with Gasteiger partial charge in [-0.3, -0.25) is 9.59 Å². The summed E-state index contributed by atoms with van der Waals surface area (Å²) in [6, 6.07) is 0.249. The lowest BCUT2D eigenvalue weighted by atomic mass is 10.1. The smallest absolute Gasteiger partial charge is 0.275 e. The minimum Gasteiger partial charge on any atom is -0.337 e. The van der Waals surface area contributed by atoms with Crippen molar-refractivity contribution >= 4 is 23.3 Å². The van der Waals surface area contributed by atoms with Crippen molar-refractivity contribution in [2.45, 2.75) is 44.7 Å². The molecule has 2 amide bonds. The van der Waals surface area contributed by atoms with Gasteiger partial charge in [0.25, 0.3) is 5.91 Å². The van der Waals surface area contributed by atoms with Gasteiger partial charge < -0.3 is 9.80 Å². The van der Waals surface area contributed by atoms with Crippen LogP contribution in [0.4, 0.5) is 0 Å². The monoisotopic (exact) mass is 306 g/mol. The van der Waals surface area contributed by atoms with Gasteiger partial charge in [0.1, 0.15) is 0 Å². The van der Waals surface area contributed by atoms with Crippen LogP contribution in [-0.4, -0.2) is 56.4 Å². The molecular formula is C14H18N4O2S. The molecule has 6 nitrogen and oxygen atoms in total. The summed E-state index contributed by atoms with van der Waals surface area (Å²) in [5.41, 5.74) is 0.453. The van der Waals surface area contributed by atoms with Gasteiger partial charge in [0, 0.05) is 19.5 Å². The van der Waals surface area contributed by atoms with Crippen LogP contribution in [0.3, 0.4) is 0 Å². The lowest BCUT2D eigenvalue weighted by molar-refractivity contribution is -0.129. The highest BCUT2D eigenvalue weighted by atomic mass is 32.1. The first-order valence-electron chi connectivity index (χ1n) is 7.54. The highest BCUT2D eigenvalue weighted by Crippen LogP contribution is 2.38. The molecule has 7 heteroatoms. The molecule has 1 aromatic rings. The van der Waals surface area contributed by atoms with Crippen LogP contribution < -0.4 is 0 Å². The van der Waals surface area contributed by atoms with Gasteiger partial charge in [-0.1, -0.05) is 4.49 Å². The highest BCUT2D eigenvalue weighted by molar-refractivity contribution is 7.05. The van der Waals surface area contributed by atoms with Crippen LogP contribution in [0.5, 0.6) is 0 Å². The van der Waals surface area contributed by atoms with E-state index in [0.717, 1.165) is 24.4 Å². The third-order valence-corrected chi connectivity index (χ3v) is 5.51. The van der Waals surface area contributed by atoms with Gasteiger partial charge in [0.2, 0.25) is 5.91 Å². The number of hydrogen-bond acceptors (Lipinski definition) is 5. The zero-order chi connectivity index (χ0) is 14.6. The Hall–Kier alpha value is -1.50. The summed E-state index contributed by atoms with van der Waals surface area (Å²) < 4.78 is 3.84. The fourth-order valence-corrected chi connectivity index (χ4v) is 4.02. The van der Waals surface area contributed by atoms with Gasteiger partial charge in [-0.15, -0.1) is 5.10 Å². The number of hydrogen-bond donors (Lipinski definition) is 0. The number of amides is 2. The molecule has 3 fully saturated rings. The highest BCUT2D eigenvalue weighted by Gasteiger charge is 2.49. The molecule has 0 N–H and O–H groups in total. The molecule has 3 heterocycles. The van der Waals surface area contributed by atoms with E-state index in [1.807, 2.05) is 16.7 Å². The maximum Gasteiger partial charge on any atom is 0.275 e. The number of carbonyl (C=O) groups excluding carboxylic acids is 2. The summed E-state index contributed by atoms with van der Waals surface area (Å²) in [5.74, 6) is 0.847. The van der Waals surface area contributed by atoms with E-state index < -0.39 is 0 Å². The first-order valence-corrected chi connectivity index (χ1v) is 8.32. The van der Waals surface area contributed by atoms with Crippen molar-refractivity contribution in [3.8, 4) is 0 Å². The van der Waals surface area contributed by atoms with Crippen molar-refractivity contribution in [2.75, 3.05) is 13.1 Å². The maximum atomic E-state index is 12.6. The predicted octanol–water partition coefficient (Wildman–Crippen LogP) is 1.07. The molecule has 1 aliphatic carbocycles. The van der Waals surface area contributed by atoms with Crippen molar-refractivity contribution in [2.24, 2.45) is 5.92 Å². The standard InChI is InChI=1S/C14H18N4O2S/c1-8-13(15-16-21-8)14(20)17-5-4-10-11(17)6-12(19)18(10)7-9-2-3-9/h9-11H,2-7H2,1H3/t10-,11+/m0/s1. The van der Waals surface area contributed by atoms with Crippen LogP contribution >= 0.6 is 11.5 Å². The van der Waals surface area contributed by atoms with Crippen LogP contribution in [0.15, 0.2) is 0 Å². The number of carbonyl (C=O) groups is 2. The molecule has 4 rings (SSSR count). The first-order chi connectivity index (χ1) is 10.1. The van der Waals surface area contributed by atoms with Crippen LogP contribution in [-0.2, 0) is 4.79 Å². The van der Waals surface area contributed by atoms with E-state index in [1.54, 1.807) is 0 Å². The van der Waals surface area contributed by atoms with Gasteiger partial charge in [-0.05, 0) is 43.6 Å². The summed E-state index contributed by atoms with van der Waals surface area (Å²) in [5, 5.41) is 3.95. The maximum absolute atomic E-state index is 12.6. The molecule has 2 atom stereocenters. The largest absolute Gasteiger partial charge is 0.337 e. The third kappa shape index (κ3) is 2.14. The minimum atomic E-state index is -0.0604. The Morgan fingerprint density at radius 2 is 2.14 bits per heavy atom. The van der Waals surface area contributed by atoms with E-state index in [9.17, 15) is 9.59 Å². The molecule has 3 aliphatic rings. The van der Waals surface area contributed by atoms with Crippen molar-refractivity contribution in [1.29, 1.82) is 0 Å². The third-order valence-electron chi connectivity index (χ3n) is 4.88. The average Bonchev–Trinajstić information content (AvgIpc) is 2.90. The summed E-state index contributed by atoms with van der Waals surface area (Å²) in [4.78, 5) is 29.6. The Labute approximate surface area is 127 Å². The second-order valence-electron chi connectivity index (χ2n) is 6.29. The Kier molecular flexibility index (Phi) is 2.99. The number of aryl methyl sites for hydroxylation is 1. The molecule has 1 saturated carbocycles. The van der Waals surface area contributed by atoms with Crippen LogP contribution in [0.25, 0.3) is 0 Å². The summed E-state index contributed by atoms with van der Waals surface area (Å²) in [6.45, 7) is 3.48. The van der Waals surface area contributed by atoms with Gasteiger partial charge in [-0.25, -0.2) is 0 Å². The topological polar surface area (TPSA) is 66.4 Å². The molecule has 0 unspecified atom stereocenters. The average molecular weight is 306 g/mol. The SMILES string of the molecule is Cc1snnc1C(=O)N1CC[C@H]2[C@H]1CC(=O)N2CC1CC1. The lowest BCUT2D eigenvalue weighted by Crippen LogP contribution is -2.40. The van der Waals surface area contributed by atoms with Crippen molar-refractivity contribution < 1.29 is 9.59 Å². The second-order valence-corrected chi connectivity index (χ2v) is 7.25. The molecule has 0 radical (unpaired) electrons. The van der Waals surface area contributed by atoms with Crippen molar-refractivity contribution in [1.82, 2.24) is 19.4 Å². The predicted molar refractivity (Wildman–Crippen MR) is 76.9 cm³/mol. The molecule has 112 valence electrons. The number of likely N-dealkylation sites (tertiary alicyclic amines) is 2. The molecule has 1 aromatic heterocycles. The number of nitrogens with zero attached hydrogens (tertiary/aromatic N) is 4. The second kappa shape index (κ2) is 4.76. The molecule has 0 spiro atoms. The van der Waals surface area contributed by atoms with E-state index in [0.29, 0.717) is 18.0 Å². The van der Waals surface area contributed by atoms with Crippen LogP contribution in [0, 0.1) is 12.8 Å². The quantitative estimate of drug-likeness (QED) is 0.838. The number of fused-ring (bicyclic) bond motifs is 1. The minimum absolute atomic E-state index is 0.0323. The van der Waals surface area contributed by atoms with E-state index in [2.05, 4.69) is 9.59 Å². The first kappa shape index (κ1) is 13.2. The fourth-order valence-electron chi connectivity index (χ4n) is 3.56. The molecule has 2 saturated heterocycles. The molecule has 0 bridgehead atoms. The molecule has 2 aliphatic heterocycles. The van der Waals surface area contributed by atoms with Gasteiger partial charge >= 0.3 is 0 Å². The van der Waals surface area contributed by atoms with E-state index in [4.69, 9.17) is 0 Å². The fraction of sp³-hybridized carbons (Fsp3) is 0.714. The number of aromatic nitrogens is 2. The summed E-state index contributed by atoms with van der Waals surface area (Å²) >= 11 is 1.25. The van der Waals surface area contributed by atoms with E-state index in [-0.39, 0.29) is 23.9 Å². The van der Waals surface area contributed by atoms with E-state index in [1.165, 1.54) is 24.4 Å². The zero-order valence-corrected chi connectivity index (χ0v) is 12.8. The van der Waals surface area contributed by atoms with Crippen LogP contribution in [0.2, 0.25) is 0 Å². The Bertz CT molecular complexity index is 598. The molecular weight excluding hydrogens is 288 g/mol. The lowest BCUT2D eigenvalue weighted by Gasteiger charge is -2.25. The summed E-state index contributed by atoms with van der Waals surface area (Å²) in [7, 11) is 0. The number of rotatable bonds is 3. The zero-order valence-electron chi connectivity index (χ0n) is 12.0. The van der Waals surface area contributed by atoms with Crippen molar-refractivity contribution in [3.05, 3.63) is 10.6 Å². The Morgan fingerprint density at radius 3 is 2.81 bits per heavy atom. The van der Waals surface area contributed by atoms with E-state index >= 15 is 0 Å². The summed E-state index contributed by atoms with van der Waals surface area (Å²) in [6.07, 6.45) is 3.85. The normalized spacial score (nSPS) is 28.3. The molecule has 0 aromatic carbocycles. The Balaban J connectivity index is 1.53. The van der Waals surface area contributed by atoms with Gasteiger partial charge in [-0.2, -0.15) is 0 Å². The van der Waals surface area contributed by atoms with Gasteiger partial charge in [0.05, 0.1) is 17.0 Å². The Morgan fingerprint density at radius 1 is 1.33 bits per heavy atom.